The van der Waals surface area contributed by atoms with Crippen LogP contribution in [0.1, 0.15) is 38.1 Å². The van der Waals surface area contributed by atoms with Crippen LogP contribution in [0.15, 0.2) is 29.2 Å². The number of allylic oxidation sites excluding steroid dienone is 2. The van der Waals surface area contributed by atoms with E-state index in [1.54, 1.807) is 10.7 Å². The number of nitrogens with zero attached hydrogens (tertiary/aromatic N) is 3. The van der Waals surface area contributed by atoms with E-state index in [1.165, 1.54) is 12.8 Å². The van der Waals surface area contributed by atoms with E-state index in [-0.39, 0.29) is 11.6 Å². The highest BCUT2D eigenvalue weighted by Gasteiger charge is 2.16. The van der Waals surface area contributed by atoms with Gasteiger partial charge in [-0.05, 0) is 32.1 Å². The Morgan fingerprint density at radius 3 is 2.72 bits per heavy atom. The molecule has 2 aliphatic rings. The molecule has 96 valence electrons. The summed E-state index contributed by atoms with van der Waals surface area (Å²) in [5.74, 6) is 0. The van der Waals surface area contributed by atoms with Gasteiger partial charge in [0.25, 0.3) is 5.56 Å². The first-order valence-electron chi connectivity index (χ1n) is 6.85. The Balaban J connectivity index is 1.86. The van der Waals surface area contributed by atoms with Crippen LogP contribution in [0.2, 0.25) is 0 Å². The third kappa shape index (κ3) is 2.19. The zero-order valence-electron chi connectivity index (χ0n) is 10.6. The average molecular weight is 245 g/mol. The van der Waals surface area contributed by atoms with E-state index in [0.717, 1.165) is 38.0 Å². The second-order valence-electron chi connectivity index (χ2n) is 5.12. The normalized spacial score (nSPS) is 23.6. The minimum absolute atomic E-state index is 0.0240. The number of rotatable bonds is 2. The number of hydrogen-bond donors (Lipinski definition) is 0. The van der Waals surface area contributed by atoms with E-state index in [2.05, 4.69) is 22.2 Å². The van der Waals surface area contributed by atoms with Gasteiger partial charge in [-0.25, -0.2) is 4.68 Å². The smallest absolute Gasteiger partial charge is 0.269 e. The largest absolute Gasteiger partial charge is 0.370 e. The summed E-state index contributed by atoms with van der Waals surface area (Å²) in [7, 11) is 0. The molecule has 0 bridgehead atoms. The van der Waals surface area contributed by atoms with E-state index in [0.29, 0.717) is 0 Å². The lowest BCUT2D eigenvalue weighted by molar-refractivity contribution is 0.453. The molecule has 0 radical (unpaired) electrons. The van der Waals surface area contributed by atoms with E-state index in [9.17, 15) is 4.79 Å². The van der Waals surface area contributed by atoms with Gasteiger partial charge < -0.3 is 4.90 Å². The molecule has 0 aromatic carbocycles. The number of hydrogen-bond acceptors (Lipinski definition) is 3. The molecular formula is C14H19N3O. The van der Waals surface area contributed by atoms with Gasteiger partial charge in [-0.1, -0.05) is 12.2 Å². The summed E-state index contributed by atoms with van der Waals surface area (Å²) in [6.45, 7) is 2.10. The fourth-order valence-electron chi connectivity index (χ4n) is 2.80. The van der Waals surface area contributed by atoms with Crippen LogP contribution in [0.4, 0.5) is 5.69 Å². The van der Waals surface area contributed by atoms with E-state index in [1.807, 2.05) is 6.20 Å². The molecule has 3 rings (SSSR count). The van der Waals surface area contributed by atoms with Gasteiger partial charge >= 0.3 is 0 Å². The Hall–Kier alpha value is -1.58. The third-order valence-corrected chi connectivity index (χ3v) is 3.83. The van der Waals surface area contributed by atoms with Crippen LogP contribution in [-0.2, 0) is 0 Å². The van der Waals surface area contributed by atoms with Gasteiger partial charge in [0.15, 0.2) is 0 Å². The molecule has 0 spiro atoms. The van der Waals surface area contributed by atoms with Gasteiger partial charge in [-0.2, -0.15) is 5.10 Å². The maximum Gasteiger partial charge on any atom is 0.269 e. The van der Waals surface area contributed by atoms with E-state index < -0.39 is 0 Å². The van der Waals surface area contributed by atoms with Gasteiger partial charge in [0.1, 0.15) is 0 Å². The highest BCUT2D eigenvalue weighted by Crippen LogP contribution is 2.21. The Morgan fingerprint density at radius 2 is 2.06 bits per heavy atom. The summed E-state index contributed by atoms with van der Waals surface area (Å²) in [4.78, 5) is 14.4. The Bertz CT molecular complexity index is 500. The molecule has 1 fully saturated rings. The van der Waals surface area contributed by atoms with Crippen LogP contribution in [0, 0.1) is 0 Å². The molecule has 1 atom stereocenters. The Kier molecular flexibility index (Phi) is 3.17. The summed E-state index contributed by atoms with van der Waals surface area (Å²) in [5, 5.41) is 4.36. The van der Waals surface area contributed by atoms with Crippen molar-refractivity contribution in [3.63, 3.8) is 0 Å². The third-order valence-electron chi connectivity index (χ3n) is 3.83. The predicted octanol–water partition coefficient (Wildman–Crippen LogP) is 2.12. The number of anilines is 1. The Labute approximate surface area is 107 Å². The van der Waals surface area contributed by atoms with Crippen LogP contribution >= 0.6 is 0 Å². The molecule has 0 N–H and O–H groups in total. The van der Waals surface area contributed by atoms with Crippen LogP contribution in [0.25, 0.3) is 0 Å². The minimum Gasteiger partial charge on any atom is -0.370 e. The lowest BCUT2D eigenvalue weighted by Crippen LogP contribution is -2.29. The predicted molar refractivity (Wildman–Crippen MR) is 72.0 cm³/mol. The monoisotopic (exact) mass is 245 g/mol. The molecule has 0 amide bonds. The van der Waals surface area contributed by atoms with Crippen molar-refractivity contribution in [2.24, 2.45) is 0 Å². The van der Waals surface area contributed by atoms with Crippen molar-refractivity contribution >= 4 is 5.69 Å². The maximum absolute atomic E-state index is 12.1. The summed E-state index contributed by atoms with van der Waals surface area (Å²) in [6, 6.07) is 1.89. The Morgan fingerprint density at radius 1 is 1.22 bits per heavy atom. The van der Waals surface area contributed by atoms with Crippen LogP contribution < -0.4 is 10.5 Å². The van der Waals surface area contributed by atoms with Crippen molar-refractivity contribution in [3.8, 4) is 0 Å². The standard InChI is InChI=1S/C14H19N3O/c18-14-10-13(16-8-4-5-9-16)11-15-17(14)12-6-2-1-3-7-12/h2,6,10-12H,1,3-5,7-9H2. The quantitative estimate of drug-likeness (QED) is 0.749. The molecule has 4 nitrogen and oxygen atoms in total. The highest BCUT2D eigenvalue weighted by atomic mass is 16.1. The molecule has 1 aliphatic heterocycles. The molecule has 1 aromatic rings. The fourth-order valence-corrected chi connectivity index (χ4v) is 2.80. The fraction of sp³-hybridized carbons (Fsp3) is 0.571. The first-order valence-corrected chi connectivity index (χ1v) is 6.85. The van der Waals surface area contributed by atoms with Crippen LogP contribution in [-0.4, -0.2) is 22.9 Å². The lowest BCUT2D eigenvalue weighted by Gasteiger charge is -2.20. The molecule has 18 heavy (non-hydrogen) atoms. The van der Waals surface area contributed by atoms with Crippen LogP contribution in [0.5, 0.6) is 0 Å². The molecule has 0 saturated carbocycles. The summed E-state index contributed by atoms with van der Waals surface area (Å²) in [5.41, 5.74) is 1.00. The van der Waals surface area contributed by atoms with Gasteiger partial charge in [-0.15, -0.1) is 0 Å². The zero-order valence-corrected chi connectivity index (χ0v) is 10.6. The molecule has 4 heteroatoms. The molecule has 1 saturated heterocycles. The van der Waals surface area contributed by atoms with E-state index in [4.69, 9.17) is 0 Å². The zero-order chi connectivity index (χ0) is 12.4. The molecule has 1 aromatic heterocycles. The maximum atomic E-state index is 12.1. The van der Waals surface area contributed by atoms with Crippen molar-refractivity contribution in [1.29, 1.82) is 0 Å². The van der Waals surface area contributed by atoms with Crippen LogP contribution in [0.3, 0.4) is 0 Å². The average Bonchev–Trinajstić information content (AvgIpc) is 2.93. The summed E-state index contributed by atoms with van der Waals surface area (Å²) < 4.78 is 1.62. The van der Waals surface area contributed by atoms with Crippen molar-refractivity contribution in [1.82, 2.24) is 9.78 Å². The minimum atomic E-state index is 0.0240. The van der Waals surface area contributed by atoms with Crippen molar-refractivity contribution in [3.05, 3.63) is 34.8 Å². The number of aromatic nitrogens is 2. The second-order valence-corrected chi connectivity index (χ2v) is 5.12. The van der Waals surface area contributed by atoms with Crippen molar-refractivity contribution < 1.29 is 0 Å². The van der Waals surface area contributed by atoms with Crippen molar-refractivity contribution in [2.75, 3.05) is 18.0 Å². The van der Waals surface area contributed by atoms with Gasteiger partial charge in [0.05, 0.1) is 17.9 Å². The molecule has 1 aliphatic carbocycles. The SMILES string of the molecule is O=c1cc(N2CCCC2)cnn1C1C=CCCC1. The first kappa shape index (κ1) is 11.5. The topological polar surface area (TPSA) is 38.1 Å². The lowest BCUT2D eigenvalue weighted by atomic mass is 10.0. The second kappa shape index (κ2) is 4.96. The summed E-state index contributed by atoms with van der Waals surface area (Å²) in [6.07, 6.45) is 11.8. The van der Waals surface area contributed by atoms with Gasteiger partial charge in [0.2, 0.25) is 0 Å². The van der Waals surface area contributed by atoms with E-state index >= 15 is 0 Å². The van der Waals surface area contributed by atoms with Gasteiger partial charge in [-0.3, -0.25) is 4.79 Å². The first-order chi connectivity index (χ1) is 8.84. The molecular weight excluding hydrogens is 226 g/mol. The van der Waals surface area contributed by atoms with Crippen molar-refractivity contribution in [2.45, 2.75) is 38.1 Å². The highest BCUT2D eigenvalue weighted by molar-refractivity contribution is 5.43. The molecule has 2 heterocycles. The van der Waals surface area contributed by atoms with Gasteiger partial charge in [0, 0.05) is 19.2 Å². The summed E-state index contributed by atoms with van der Waals surface area (Å²) >= 11 is 0. The molecule has 1 unspecified atom stereocenters.